The van der Waals surface area contributed by atoms with Crippen molar-refractivity contribution in [3.8, 4) is 0 Å². The van der Waals surface area contributed by atoms with Crippen LogP contribution in [0.3, 0.4) is 0 Å². The molecule has 6 heteroatoms. The molecule has 0 amide bonds. The van der Waals surface area contributed by atoms with E-state index < -0.39 is 0 Å². The van der Waals surface area contributed by atoms with Crippen molar-refractivity contribution in [1.82, 2.24) is 19.9 Å². The Morgan fingerprint density at radius 3 is 2.60 bits per heavy atom. The van der Waals surface area contributed by atoms with Crippen molar-refractivity contribution >= 4 is 0 Å². The molecule has 6 nitrogen and oxygen atoms in total. The van der Waals surface area contributed by atoms with Gasteiger partial charge in [-0.05, 0) is 43.3 Å². The molecule has 1 spiro atoms. The van der Waals surface area contributed by atoms with Crippen molar-refractivity contribution in [3.63, 3.8) is 0 Å². The van der Waals surface area contributed by atoms with Gasteiger partial charge < -0.3 is 10.3 Å². The summed E-state index contributed by atoms with van der Waals surface area (Å²) < 4.78 is 5.12. The fourth-order valence-electron chi connectivity index (χ4n) is 4.42. The second-order valence-electron chi connectivity index (χ2n) is 7.57. The Bertz CT molecular complexity index is 688. The Hall–Kier alpha value is -1.76. The number of hydrogen-bond donors (Lipinski definition) is 1. The average Bonchev–Trinajstić information content (AvgIpc) is 3.23. The zero-order valence-electron chi connectivity index (χ0n) is 14.7. The fraction of sp³-hybridized carbons (Fsp3) is 0.579. The van der Waals surface area contributed by atoms with Gasteiger partial charge in [0.25, 0.3) is 0 Å². The van der Waals surface area contributed by atoms with E-state index in [1.54, 1.807) is 0 Å². The second-order valence-corrected chi connectivity index (χ2v) is 7.57. The lowest BCUT2D eigenvalue weighted by molar-refractivity contribution is 0.0862. The second kappa shape index (κ2) is 7.23. The van der Waals surface area contributed by atoms with Crippen LogP contribution in [0.15, 0.2) is 34.9 Å². The quantitative estimate of drug-likeness (QED) is 0.897. The molecule has 0 aliphatic carbocycles. The maximum absolute atomic E-state index is 5.55. The van der Waals surface area contributed by atoms with Gasteiger partial charge in [0, 0.05) is 19.6 Å². The summed E-state index contributed by atoms with van der Waals surface area (Å²) in [5, 5.41) is 4.04. The summed E-state index contributed by atoms with van der Waals surface area (Å²) in [6.07, 6.45) is 3.88. The normalized spacial score (nSPS) is 25.0. The number of hydrogen-bond acceptors (Lipinski definition) is 6. The van der Waals surface area contributed by atoms with E-state index in [4.69, 9.17) is 10.3 Å². The molecule has 2 saturated heterocycles. The Morgan fingerprint density at radius 2 is 1.84 bits per heavy atom. The lowest BCUT2D eigenvalue weighted by Crippen LogP contribution is -2.44. The predicted molar refractivity (Wildman–Crippen MR) is 95.5 cm³/mol. The van der Waals surface area contributed by atoms with E-state index in [1.165, 1.54) is 37.9 Å². The number of nitrogens with zero attached hydrogens (tertiary/aromatic N) is 4. The molecule has 2 aliphatic heterocycles. The summed E-state index contributed by atoms with van der Waals surface area (Å²) in [5.74, 6) is 1.28. The number of benzene rings is 1. The molecule has 134 valence electrons. The van der Waals surface area contributed by atoms with Crippen LogP contribution in [-0.2, 0) is 19.6 Å². The van der Waals surface area contributed by atoms with Crippen molar-refractivity contribution in [1.29, 1.82) is 0 Å². The van der Waals surface area contributed by atoms with Gasteiger partial charge in [-0.15, -0.1) is 0 Å². The minimum absolute atomic E-state index is 0.311. The van der Waals surface area contributed by atoms with Crippen LogP contribution >= 0.6 is 0 Å². The lowest BCUT2D eigenvalue weighted by Gasteiger charge is -2.40. The number of likely N-dealkylation sites (tertiary alicyclic amines) is 2. The standard InChI is InChI=1S/C19H27N5O/c20-11-18-21-17(22-25-18)13-24-10-8-19(15-24)7-4-9-23(14-19)12-16-5-2-1-3-6-16/h1-3,5-6H,4,7-15,20H2. The first-order valence-electron chi connectivity index (χ1n) is 9.25. The maximum atomic E-state index is 5.55. The molecular weight excluding hydrogens is 314 g/mol. The highest BCUT2D eigenvalue weighted by molar-refractivity contribution is 5.14. The zero-order chi connectivity index (χ0) is 17.1. The van der Waals surface area contributed by atoms with Gasteiger partial charge >= 0.3 is 0 Å². The van der Waals surface area contributed by atoms with Crippen LogP contribution in [0.2, 0.25) is 0 Å². The van der Waals surface area contributed by atoms with Crippen LogP contribution in [0, 0.1) is 5.41 Å². The first-order valence-corrected chi connectivity index (χ1v) is 9.25. The van der Waals surface area contributed by atoms with Gasteiger partial charge in [0.05, 0.1) is 13.1 Å². The van der Waals surface area contributed by atoms with Gasteiger partial charge in [0.15, 0.2) is 5.82 Å². The van der Waals surface area contributed by atoms with Crippen LogP contribution < -0.4 is 5.73 Å². The van der Waals surface area contributed by atoms with Crippen LogP contribution in [0.4, 0.5) is 0 Å². The summed E-state index contributed by atoms with van der Waals surface area (Å²) in [6, 6.07) is 10.8. The van der Waals surface area contributed by atoms with Gasteiger partial charge in [-0.2, -0.15) is 4.98 Å². The molecule has 0 bridgehead atoms. The van der Waals surface area contributed by atoms with Crippen LogP contribution in [0.5, 0.6) is 0 Å². The molecule has 1 aromatic carbocycles. The smallest absolute Gasteiger partial charge is 0.240 e. The van der Waals surface area contributed by atoms with E-state index in [0.29, 0.717) is 17.9 Å². The number of rotatable bonds is 5. The first kappa shape index (κ1) is 16.7. The molecule has 4 rings (SSSR count). The molecule has 2 aliphatic rings. The first-order chi connectivity index (χ1) is 12.2. The predicted octanol–water partition coefficient (Wildman–Crippen LogP) is 2.02. The van der Waals surface area contributed by atoms with Gasteiger partial charge in [0.2, 0.25) is 5.89 Å². The molecule has 3 heterocycles. The highest BCUT2D eigenvalue weighted by Gasteiger charge is 2.41. The number of nitrogens with two attached hydrogens (primary N) is 1. The van der Waals surface area contributed by atoms with E-state index in [0.717, 1.165) is 32.0 Å². The van der Waals surface area contributed by atoms with Crippen molar-refractivity contribution < 1.29 is 4.52 Å². The Labute approximate surface area is 149 Å². The van der Waals surface area contributed by atoms with E-state index in [1.807, 2.05) is 0 Å². The number of aromatic nitrogens is 2. The van der Waals surface area contributed by atoms with Gasteiger partial charge in [-0.3, -0.25) is 9.80 Å². The monoisotopic (exact) mass is 341 g/mol. The van der Waals surface area contributed by atoms with E-state index in [-0.39, 0.29) is 0 Å². The molecule has 1 atom stereocenters. The molecule has 2 fully saturated rings. The number of piperidine rings is 1. The van der Waals surface area contributed by atoms with E-state index in [2.05, 4.69) is 50.3 Å². The SMILES string of the molecule is NCc1nc(CN2CCC3(CCCN(Cc4ccccc4)C3)C2)no1. The van der Waals surface area contributed by atoms with Gasteiger partial charge in [-0.1, -0.05) is 35.5 Å². The van der Waals surface area contributed by atoms with E-state index in [9.17, 15) is 0 Å². The summed E-state index contributed by atoms with van der Waals surface area (Å²) in [5.41, 5.74) is 7.38. The molecular formula is C19H27N5O. The third-order valence-electron chi connectivity index (χ3n) is 5.56. The third-order valence-corrected chi connectivity index (χ3v) is 5.56. The molecule has 0 radical (unpaired) electrons. The van der Waals surface area contributed by atoms with Gasteiger partial charge in [-0.25, -0.2) is 0 Å². The van der Waals surface area contributed by atoms with Crippen LogP contribution in [0.1, 0.15) is 36.5 Å². The summed E-state index contributed by atoms with van der Waals surface area (Å²) in [6.45, 7) is 6.79. The van der Waals surface area contributed by atoms with E-state index >= 15 is 0 Å². The minimum atomic E-state index is 0.311. The summed E-state index contributed by atoms with van der Waals surface area (Å²) in [4.78, 5) is 9.44. The Balaban J connectivity index is 1.35. The molecule has 2 aromatic rings. The Kier molecular flexibility index (Phi) is 4.83. The van der Waals surface area contributed by atoms with Crippen molar-refractivity contribution in [2.24, 2.45) is 11.1 Å². The van der Waals surface area contributed by atoms with Crippen molar-refractivity contribution in [2.75, 3.05) is 26.2 Å². The molecule has 0 saturated carbocycles. The summed E-state index contributed by atoms with van der Waals surface area (Å²) >= 11 is 0. The van der Waals surface area contributed by atoms with Crippen molar-refractivity contribution in [2.45, 2.75) is 38.9 Å². The zero-order valence-corrected chi connectivity index (χ0v) is 14.7. The third kappa shape index (κ3) is 3.92. The maximum Gasteiger partial charge on any atom is 0.240 e. The summed E-state index contributed by atoms with van der Waals surface area (Å²) in [7, 11) is 0. The average molecular weight is 341 g/mol. The molecule has 1 aromatic heterocycles. The topological polar surface area (TPSA) is 71.4 Å². The molecule has 25 heavy (non-hydrogen) atoms. The Morgan fingerprint density at radius 1 is 1.04 bits per heavy atom. The highest BCUT2D eigenvalue weighted by Crippen LogP contribution is 2.39. The fourth-order valence-corrected chi connectivity index (χ4v) is 4.42. The van der Waals surface area contributed by atoms with Crippen LogP contribution in [0.25, 0.3) is 0 Å². The molecule has 2 N–H and O–H groups in total. The largest absolute Gasteiger partial charge is 0.338 e. The molecule has 1 unspecified atom stereocenters. The van der Waals surface area contributed by atoms with Gasteiger partial charge in [0.1, 0.15) is 0 Å². The van der Waals surface area contributed by atoms with Crippen LogP contribution in [-0.4, -0.2) is 46.1 Å². The minimum Gasteiger partial charge on any atom is -0.338 e. The van der Waals surface area contributed by atoms with Crippen molar-refractivity contribution in [3.05, 3.63) is 47.6 Å². The lowest BCUT2D eigenvalue weighted by atomic mass is 9.79. The highest BCUT2D eigenvalue weighted by atomic mass is 16.5.